The third-order valence-corrected chi connectivity index (χ3v) is 5.66. The lowest BCUT2D eigenvalue weighted by Gasteiger charge is -2.30. The third-order valence-electron chi connectivity index (χ3n) is 5.66. The normalized spacial score (nSPS) is 17.2. The van der Waals surface area contributed by atoms with E-state index in [0.717, 1.165) is 11.1 Å². The Labute approximate surface area is 218 Å². The maximum atomic E-state index is 12.8. The van der Waals surface area contributed by atoms with Gasteiger partial charge in [0.05, 0.1) is 39.5 Å². The first-order chi connectivity index (χ1) is 17.6. The largest absolute Gasteiger partial charge is 0.460 e. The van der Waals surface area contributed by atoms with Crippen LogP contribution in [-0.2, 0) is 35.1 Å². The fourth-order valence-corrected chi connectivity index (χ4v) is 3.98. The lowest BCUT2D eigenvalue weighted by molar-refractivity contribution is -0.156. The predicted octanol–water partition coefficient (Wildman–Crippen LogP) is 2.57. The van der Waals surface area contributed by atoms with Gasteiger partial charge in [0.1, 0.15) is 18.2 Å². The molecule has 1 N–H and O–H groups in total. The van der Waals surface area contributed by atoms with Gasteiger partial charge in [0.2, 0.25) is 5.91 Å². The van der Waals surface area contributed by atoms with Crippen LogP contribution in [-0.4, -0.2) is 74.0 Å². The molecule has 3 rings (SSSR count). The number of nitrogens with zero attached hydrogens (tertiary/aromatic N) is 1. The molecule has 2 aliphatic heterocycles. The van der Waals surface area contributed by atoms with Crippen LogP contribution in [0.25, 0.3) is 0 Å². The van der Waals surface area contributed by atoms with Crippen molar-refractivity contribution in [2.24, 2.45) is 0 Å². The molecule has 2 heterocycles. The van der Waals surface area contributed by atoms with E-state index in [1.807, 2.05) is 32.9 Å². The summed E-state index contributed by atoms with van der Waals surface area (Å²) in [4.78, 5) is 38.3. The van der Waals surface area contributed by atoms with Gasteiger partial charge in [-0.15, -0.1) is 0 Å². The molecule has 0 radical (unpaired) electrons. The molecule has 2 aliphatic rings. The van der Waals surface area contributed by atoms with Gasteiger partial charge in [0.15, 0.2) is 0 Å². The maximum absolute atomic E-state index is 12.8. The number of esters is 1. The Hall–Kier alpha value is -3.19. The minimum absolute atomic E-state index is 0.126. The van der Waals surface area contributed by atoms with E-state index in [2.05, 4.69) is 23.7 Å². The molecule has 1 aromatic carbocycles. The van der Waals surface area contributed by atoms with Crippen molar-refractivity contribution in [2.75, 3.05) is 39.6 Å². The van der Waals surface area contributed by atoms with Crippen LogP contribution < -0.4 is 5.32 Å². The fraction of sp³-hybridized carbons (Fsp3) is 0.536. The Morgan fingerprint density at radius 1 is 1.11 bits per heavy atom. The fourth-order valence-electron chi connectivity index (χ4n) is 3.98. The van der Waals surface area contributed by atoms with Gasteiger partial charge in [0.25, 0.3) is 5.91 Å². The summed E-state index contributed by atoms with van der Waals surface area (Å²) in [6.45, 7) is 11.8. The average molecular weight is 513 g/mol. The zero-order valence-electron chi connectivity index (χ0n) is 21.9. The highest BCUT2D eigenvalue weighted by molar-refractivity contribution is 6.01. The minimum Gasteiger partial charge on any atom is -0.460 e. The SMILES string of the molecule is C=C1CCC(N2Cc3cc(C#CCOCCOCCOCCC(=O)OC(C)(C)C)ccc3C2=O)C(=O)N1. The van der Waals surface area contributed by atoms with Crippen LogP contribution in [0, 0.1) is 11.8 Å². The number of amides is 2. The molecule has 1 fully saturated rings. The molecule has 0 aromatic heterocycles. The summed E-state index contributed by atoms with van der Waals surface area (Å²) in [5.41, 5.74) is 2.48. The molecule has 0 saturated carbocycles. The summed E-state index contributed by atoms with van der Waals surface area (Å²) < 4.78 is 21.5. The van der Waals surface area contributed by atoms with Crippen molar-refractivity contribution in [2.45, 2.75) is 58.2 Å². The van der Waals surface area contributed by atoms with Crippen LogP contribution in [0.2, 0.25) is 0 Å². The van der Waals surface area contributed by atoms with Crippen molar-refractivity contribution < 1.29 is 33.3 Å². The zero-order valence-corrected chi connectivity index (χ0v) is 21.9. The summed E-state index contributed by atoms with van der Waals surface area (Å²) in [6.07, 6.45) is 1.47. The predicted molar refractivity (Wildman–Crippen MR) is 136 cm³/mol. The van der Waals surface area contributed by atoms with Crippen molar-refractivity contribution in [1.29, 1.82) is 0 Å². The summed E-state index contributed by atoms with van der Waals surface area (Å²) in [6, 6.07) is 5.00. The summed E-state index contributed by atoms with van der Waals surface area (Å²) in [5.74, 6) is 5.44. The van der Waals surface area contributed by atoms with Gasteiger partial charge >= 0.3 is 5.97 Å². The van der Waals surface area contributed by atoms with Crippen LogP contribution in [0.1, 0.15) is 61.5 Å². The number of carbonyl (C=O) groups excluding carboxylic acids is 3. The Morgan fingerprint density at radius 3 is 2.51 bits per heavy atom. The second-order valence-electron chi connectivity index (χ2n) is 9.87. The molecule has 1 aromatic rings. The van der Waals surface area contributed by atoms with Gasteiger partial charge in [-0.05, 0) is 57.4 Å². The minimum atomic E-state index is -0.486. The zero-order chi connectivity index (χ0) is 26.8. The van der Waals surface area contributed by atoms with E-state index in [1.165, 1.54) is 0 Å². The first-order valence-corrected chi connectivity index (χ1v) is 12.5. The summed E-state index contributed by atoms with van der Waals surface area (Å²) in [5, 5.41) is 2.74. The topological polar surface area (TPSA) is 103 Å². The third kappa shape index (κ3) is 9.01. The van der Waals surface area contributed by atoms with Crippen LogP contribution >= 0.6 is 0 Å². The highest BCUT2D eigenvalue weighted by Crippen LogP contribution is 2.28. The lowest BCUT2D eigenvalue weighted by Crippen LogP contribution is -2.49. The van der Waals surface area contributed by atoms with Crippen LogP contribution in [0.3, 0.4) is 0 Å². The molecule has 2 amide bonds. The van der Waals surface area contributed by atoms with Gasteiger partial charge in [0, 0.05) is 23.4 Å². The molecule has 9 heteroatoms. The summed E-state index contributed by atoms with van der Waals surface area (Å²) >= 11 is 0. The van der Waals surface area contributed by atoms with Gasteiger partial charge in [-0.25, -0.2) is 0 Å². The molecular formula is C28H36N2O7. The monoisotopic (exact) mass is 512 g/mol. The number of hydrogen-bond acceptors (Lipinski definition) is 7. The number of rotatable bonds is 11. The van der Waals surface area contributed by atoms with Crippen molar-refractivity contribution in [3.63, 3.8) is 0 Å². The quantitative estimate of drug-likeness (QED) is 0.276. The van der Waals surface area contributed by atoms with Crippen LogP contribution in [0.4, 0.5) is 0 Å². The number of ether oxygens (including phenoxy) is 4. The Morgan fingerprint density at radius 2 is 1.81 bits per heavy atom. The number of benzene rings is 1. The van der Waals surface area contributed by atoms with Gasteiger partial charge in [-0.2, -0.15) is 0 Å². The molecule has 0 spiro atoms. The van der Waals surface area contributed by atoms with Gasteiger partial charge in [-0.1, -0.05) is 18.4 Å². The second kappa shape index (κ2) is 13.4. The number of nitrogens with one attached hydrogen (secondary N) is 1. The molecule has 0 bridgehead atoms. The van der Waals surface area contributed by atoms with Gasteiger partial charge in [-0.3, -0.25) is 14.4 Å². The van der Waals surface area contributed by atoms with E-state index in [0.29, 0.717) is 63.7 Å². The highest BCUT2D eigenvalue weighted by Gasteiger charge is 2.38. The Kier molecular flexibility index (Phi) is 10.3. The Balaban J connectivity index is 1.28. The van der Waals surface area contributed by atoms with E-state index in [1.54, 1.807) is 11.0 Å². The number of allylic oxidation sites excluding steroid dienone is 1. The van der Waals surface area contributed by atoms with E-state index < -0.39 is 11.6 Å². The second-order valence-corrected chi connectivity index (χ2v) is 9.87. The van der Waals surface area contributed by atoms with Crippen molar-refractivity contribution >= 4 is 17.8 Å². The van der Waals surface area contributed by atoms with E-state index >= 15 is 0 Å². The van der Waals surface area contributed by atoms with Crippen molar-refractivity contribution in [3.8, 4) is 11.8 Å². The maximum Gasteiger partial charge on any atom is 0.308 e. The number of carbonyl (C=O) groups is 3. The first kappa shape index (κ1) is 28.4. The Bertz CT molecular complexity index is 1060. The molecule has 1 unspecified atom stereocenters. The number of piperidine rings is 1. The number of hydrogen-bond donors (Lipinski definition) is 1. The van der Waals surface area contributed by atoms with E-state index in [-0.39, 0.29) is 30.8 Å². The molecule has 1 atom stereocenters. The van der Waals surface area contributed by atoms with Crippen LogP contribution in [0.15, 0.2) is 30.5 Å². The summed E-state index contributed by atoms with van der Waals surface area (Å²) in [7, 11) is 0. The van der Waals surface area contributed by atoms with Crippen molar-refractivity contribution in [3.05, 3.63) is 47.2 Å². The highest BCUT2D eigenvalue weighted by atomic mass is 16.6. The smallest absolute Gasteiger partial charge is 0.308 e. The van der Waals surface area contributed by atoms with E-state index in [4.69, 9.17) is 18.9 Å². The molecule has 1 saturated heterocycles. The van der Waals surface area contributed by atoms with Gasteiger partial charge < -0.3 is 29.2 Å². The number of fused-ring (bicyclic) bond motifs is 1. The lowest BCUT2D eigenvalue weighted by atomic mass is 10.0. The van der Waals surface area contributed by atoms with Crippen molar-refractivity contribution in [1.82, 2.24) is 10.2 Å². The molecule has 200 valence electrons. The average Bonchev–Trinajstić information content (AvgIpc) is 3.14. The van der Waals surface area contributed by atoms with Crippen LogP contribution in [0.5, 0.6) is 0 Å². The van der Waals surface area contributed by atoms with E-state index in [9.17, 15) is 14.4 Å². The molecule has 9 nitrogen and oxygen atoms in total. The first-order valence-electron chi connectivity index (χ1n) is 12.5. The molecular weight excluding hydrogens is 476 g/mol. The molecule has 0 aliphatic carbocycles. The standard InChI is InChI=1S/C28H36N2O7/c1-20-7-10-24(26(32)29-20)30-19-22-18-21(8-9-23(22)27(30)33)6-5-12-34-14-16-36-17-15-35-13-11-25(31)37-28(2,3)4/h8-9,18,24H,1,7,10-17,19H2,2-4H3,(H,29,32). The molecule has 37 heavy (non-hydrogen) atoms.